The quantitative estimate of drug-likeness (QED) is 0.425. The molecule has 0 aromatic rings. The average molecular weight is 130 g/mol. The SMILES string of the molecule is C[C@]1(O)C[C@@H](O)[C@H]2O[C@H]21. The van der Waals surface area contributed by atoms with Crippen molar-refractivity contribution in [2.75, 3.05) is 0 Å². The van der Waals surface area contributed by atoms with Gasteiger partial charge in [-0.3, -0.25) is 0 Å². The van der Waals surface area contributed by atoms with Gasteiger partial charge in [0, 0.05) is 6.42 Å². The molecular formula is C6H10O3. The molecule has 0 spiro atoms. The van der Waals surface area contributed by atoms with Crippen LogP contribution in [-0.4, -0.2) is 34.1 Å². The zero-order chi connectivity index (χ0) is 6.65. The monoisotopic (exact) mass is 130 g/mol. The first-order chi connectivity index (χ1) is 4.11. The number of hydrogen-bond acceptors (Lipinski definition) is 3. The van der Waals surface area contributed by atoms with Crippen LogP contribution in [0.4, 0.5) is 0 Å². The highest BCUT2D eigenvalue weighted by atomic mass is 16.6. The van der Waals surface area contributed by atoms with Crippen LogP contribution in [0, 0.1) is 0 Å². The maximum absolute atomic E-state index is 9.39. The Morgan fingerprint density at radius 1 is 1.67 bits per heavy atom. The zero-order valence-electron chi connectivity index (χ0n) is 5.24. The molecule has 2 N–H and O–H groups in total. The van der Waals surface area contributed by atoms with Crippen molar-refractivity contribution in [3.8, 4) is 0 Å². The van der Waals surface area contributed by atoms with Crippen LogP contribution in [0.1, 0.15) is 13.3 Å². The summed E-state index contributed by atoms with van der Waals surface area (Å²) in [7, 11) is 0. The van der Waals surface area contributed by atoms with Crippen LogP contribution in [0.25, 0.3) is 0 Å². The average Bonchev–Trinajstić information content (AvgIpc) is 2.33. The smallest absolute Gasteiger partial charge is 0.115 e. The summed E-state index contributed by atoms with van der Waals surface area (Å²) in [4.78, 5) is 0. The maximum Gasteiger partial charge on any atom is 0.115 e. The third kappa shape index (κ3) is 0.625. The third-order valence-electron chi connectivity index (χ3n) is 2.14. The van der Waals surface area contributed by atoms with E-state index in [0.717, 1.165) is 0 Å². The summed E-state index contributed by atoms with van der Waals surface area (Å²) >= 11 is 0. The second kappa shape index (κ2) is 1.31. The van der Waals surface area contributed by atoms with E-state index < -0.39 is 11.7 Å². The van der Waals surface area contributed by atoms with E-state index in [4.69, 9.17) is 9.84 Å². The van der Waals surface area contributed by atoms with Gasteiger partial charge in [-0.05, 0) is 6.92 Å². The van der Waals surface area contributed by atoms with Crippen LogP contribution in [0.2, 0.25) is 0 Å². The number of fused-ring (bicyclic) bond motifs is 1. The Hall–Kier alpha value is -0.120. The van der Waals surface area contributed by atoms with Crippen molar-refractivity contribution in [2.45, 2.75) is 37.3 Å². The summed E-state index contributed by atoms with van der Waals surface area (Å²) in [5.74, 6) is 0. The van der Waals surface area contributed by atoms with Crippen molar-refractivity contribution in [3.05, 3.63) is 0 Å². The molecule has 3 nitrogen and oxygen atoms in total. The first-order valence-electron chi connectivity index (χ1n) is 3.17. The topological polar surface area (TPSA) is 53.0 Å². The Kier molecular flexibility index (Phi) is 0.822. The lowest BCUT2D eigenvalue weighted by Crippen LogP contribution is -2.29. The second-order valence-corrected chi connectivity index (χ2v) is 3.15. The summed E-state index contributed by atoms with van der Waals surface area (Å²) in [6.45, 7) is 1.70. The van der Waals surface area contributed by atoms with Crippen molar-refractivity contribution in [2.24, 2.45) is 0 Å². The van der Waals surface area contributed by atoms with Gasteiger partial charge in [0.25, 0.3) is 0 Å². The molecule has 0 unspecified atom stereocenters. The molecule has 2 rings (SSSR count). The molecule has 4 atom stereocenters. The molecule has 0 amide bonds. The molecule has 2 aliphatic rings. The van der Waals surface area contributed by atoms with Crippen LogP contribution in [0.5, 0.6) is 0 Å². The first kappa shape index (κ1) is 5.65. The molecule has 0 aromatic carbocycles. The minimum absolute atomic E-state index is 0.0694. The molecule has 1 saturated carbocycles. The number of ether oxygens (including phenoxy) is 1. The van der Waals surface area contributed by atoms with Crippen molar-refractivity contribution >= 4 is 0 Å². The lowest BCUT2D eigenvalue weighted by molar-refractivity contribution is -0.0160. The van der Waals surface area contributed by atoms with Gasteiger partial charge in [0.1, 0.15) is 12.2 Å². The fourth-order valence-corrected chi connectivity index (χ4v) is 1.57. The van der Waals surface area contributed by atoms with E-state index in [2.05, 4.69) is 0 Å². The molecule has 0 aromatic heterocycles. The van der Waals surface area contributed by atoms with Crippen molar-refractivity contribution in [1.29, 1.82) is 0 Å². The summed E-state index contributed by atoms with van der Waals surface area (Å²) < 4.78 is 4.98. The summed E-state index contributed by atoms with van der Waals surface area (Å²) in [5.41, 5.74) is -0.774. The summed E-state index contributed by atoms with van der Waals surface area (Å²) in [6.07, 6.45) is -0.139. The molecule has 1 aliphatic heterocycles. The molecule has 1 aliphatic carbocycles. The predicted octanol–water partition coefficient (Wildman–Crippen LogP) is -0.731. The molecule has 1 saturated heterocycles. The Bertz CT molecular complexity index is 143. The summed E-state index contributed by atoms with van der Waals surface area (Å²) in [6, 6.07) is 0. The first-order valence-corrected chi connectivity index (χ1v) is 3.17. The lowest BCUT2D eigenvalue weighted by Gasteiger charge is -2.16. The van der Waals surface area contributed by atoms with Gasteiger partial charge < -0.3 is 14.9 Å². The van der Waals surface area contributed by atoms with E-state index in [1.54, 1.807) is 6.92 Å². The predicted molar refractivity (Wildman–Crippen MR) is 29.9 cm³/mol. The minimum Gasteiger partial charge on any atom is -0.390 e. The number of aliphatic hydroxyl groups excluding tert-OH is 1. The van der Waals surface area contributed by atoms with E-state index >= 15 is 0 Å². The largest absolute Gasteiger partial charge is 0.390 e. The van der Waals surface area contributed by atoms with Crippen molar-refractivity contribution in [3.63, 3.8) is 0 Å². The fourth-order valence-electron chi connectivity index (χ4n) is 1.57. The summed E-state index contributed by atoms with van der Waals surface area (Å²) in [5, 5.41) is 18.5. The molecule has 2 fully saturated rings. The van der Waals surface area contributed by atoms with Gasteiger partial charge >= 0.3 is 0 Å². The molecule has 9 heavy (non-hydrogen) atoms. The Morgan fingerprint density at radius 3 is 2.44 bits per heavy atom. The lowest BCUT2D eigenvalue weighted by atomic mass is 10.1. The van der Waals surface area contributed by atoms with E-state index in [0.29, 0.717) is 6.42 Å². The number of hydrogen-bond donors (Lipinski definition) is 2. The van der Waals surface area contributed by atoms with Gasteiger partial charge in [0.2, 0.25) is 0 Å². The van der Waals surface area contributed by atoms with E-state index in [1.807, 2.05) is 0 Å². The number of aliphatic hydroxyl groups is 2. The Morgan fingerprint density at radius 2 is 2.33 bits per heavy atom. The van der Waals surface area contributed by atoms with Crippen LogP contribution < -0.4 is 0 Å². The Labute approximate surface area is 53.3 Å². The molecular weight excluding hydrogens is 120 g/mol. The normalized spacial score (nSPS) is 63.7. The molecule has 0 radical (unpaired) electrons. The standard InChI is InChI=1S/C6H10O3/c1-6(8)2-3(7)4-5(6)9-4/h3-5,7-8H,2H2,1H3/t3-,4-,5-,6+/m1/s1. The van der Waals surface area contributed by atoms with E-state index in [-0.39, 0.29) is 12.2 Å². The fraction of sp³-hybridized carbons (Fsp3) is 1.00. The molecule has 52 valence electrons. The van der Waals surface area contributed by atoms with E-state index in [9.17, 15) is 5.11 Å². The third-order valence-corrected chi connectivity index (χ3v) is 2.14. The van der Waals surface area contributed by atoms with Crippen molar-refractivity contribution in [1.82, 2.24) is 0 Å². The molecule has 1 heterocycles. The highest BCUT2D eigenvalue weighted by molar-refractivity contribution is 5.10. The van der Waals surface area contributed by atoms with Gasteiger partial charge in [0.15, 0.2) is 0 Å². The molecule has 0 bridgehead atoms. The highest BCUT2D eigenvalue weighted by Gasteiger charge is 2.62. The maximum atomic E-state index is 9.39. The van der Waals surface area contributed by atoms with Crippen LogP contribution in [0.3, 0.4) is 0 Å². The van der Waals surface area contributed by atoms with Crippen LogP contribution in [-0.2, 0) is 4.74 Å². The number of rotatable bonds is 0. The second-order valence-electron chi connectivity index (χ2n) is 3.15. The van der Waals surface area contributed by atoms with Gasteiger partial charge in [-0.1, -0.05) is 0 Å². The van der Waals surface area contributed by atoms with Crippen LogP contribution in [0.15, 0.2) is 0 Å². The molecule has 3 heteroatoms. The number of epoxide rings is 1. The van der Waals surface area contributed by atoms with Gasteiger partial charge in [0.05, 0.1) is 11.7 Å². The highest BCUT2D eigenvalue weighted by Crippen LogP contribution is 2.45. The zero-order valence-corrected chi connectivity index (χ0v) is 5.24. The van der Waals surface area contributed by atoms with Crippen LogP contribution >= 0.6 is 0 Å². The minimum atomic E-state index is -0.774. The van der Waals surface area contributed by atoms with Gasteiger partial charge in [-0.2, -0.15) is 0 Å². The van der Waals surface area contributed by atoms with Crippen molar-refractivity contribution < 1.29 is 14.9 Å². The van der Waals surface area contributed by atoms with Gasteiger partial charge in [-0.15, -0.1) is 0 Å². The van der Waals surface area contributed by atoms with Gasteiger partial charge in [-0.25, -0.2) is 0 Å². The Balaban J connectivity index is 2.17. The van der Waals surface area contributed by atoms with E-state index in [1.165, 1.54) is 0 Å².